The van der Waals surface area contributed by atoms with E-state index >= 15 is 0 Å². The number of hydrogen-bond donors (Lipinski definition) is 1. The van der Waals surface area contributed by atoms with Crippen LogP contribution in [0.15, 0.2) is 121 Å². The van der Waals surface area contributed by atoms with Crippen LogP contribution in [0.5, 0.6) is 0 Å². The molecule has 0 unspecified atom stereocenters. The van der Waals surface area contributed by atoms with Crippen LogP contribution in [0, 0.1) is 0 Å². The summed E-state index contributed by atoms with van der Waals surface area (Å²) in [5.41, 5.74) is 0. The molecule has 0 atom stereocenters. The molecule has 0 saturated heterocycles. The lowest BCUT2D eigenvalue weighted by atomic mass is 10.4. The van der Waals surface area contributed by atoms with E-state index in [1.807, 2.05) is 36.4 Å². The summed E-state index contributed by atoms with van der Waals surface area (Å²) in [4.78, 5) is 12.2. The highest BCUT2D eigenvalue weighted by molar-refractivity contribution is 8.44. The van der Waals surface area contributed by atoms with Crippen molar-refractivity contribution in [2.24, 2.45) is 0 Å². The highest BCUT2D eigenvalue weighted by Crippen LogP contribution is 2.65. The van der Waals surface area contributed by atoms with Crippen LogP contribution in [0.1, 0.15) is 0 Å². The van der Waals surface area contributed by atoms with Crippen LogP contribution < -0.4 is 21.2 Å². The Balaban J connectivity index is 1.97. The molecule has 1 N–H and O–H groups in total. The van der Waals surface area contributed by atoms with Crippen LogP contribution in [-0.4, -0.2) is 4.89 Å². The number of benzene rings is 4. The van der Waals surface area contributed by atoms with Gasteiger partial charge < -0.3 is 4.89 Å². The van der Waals surface area contributed by atoms with Crippen LogP contribution in [0.2, 0.25) is 0 Å². The lowest BCUT2D eigenvalue weighted by Gasteiger charge is -2.24. The van der Waals surface area contributed by atoms with Crippen molar-refractivity contribution in [2.45, 2.75) is 0 Å². The molecule has 28 heavy (non-hydrogen) atoms. The van der Waals surface area contributed by atoms with Gasteiger partial charge in [-0.3, -0.25) is 0 Å². The van der Waals surface area contributed by atoms with Crippen LogP contribution in [0.25, 0.3) is 0 Å². The maximum Gasteiger partial charge on any atom is 0.0854 e. The standard InChI is InChI=1S/C24H21OP3/c25-28(23-17-9-3-10-18-23,24-19-11-4-12-20-24)26-27(21-13-5-1-6-14-21)22-15-7-2-8-16-22/h1-20,25H. The van der Waals surface area contributed by atoms with Gasteiger partial charge in [0.25, 0.3) is 0 Å². The van der Waals surface area contributed by atoms with Crippen LogP contribution >= 0.6 is 21.9 Å². The Morgan fingerprint density at radius 1 is 0.500 bits per heavy atom. The minimum absolute atomic E-state index is 0.714. The first-order valence-electron chi connectivity index (χ1n) is 9.14. The van der Waals surface area contributed by atoms with E-state index in [1.54, 1.807) is 0 Å². The van der Waals surface area contributed by atoms with Crippen molar-refractivity contribution in [2.75, 3.05) is 0 Å². The fourth-order valence-corrected chi connectivity index (χ4v) is 16.1. The zero-order valence-electron chi connectivity index (χ0n) is 15.3. The van der Waals surface area contributed by atoms with E-state index in [0.29, 0.717) is 0 Å². The second-order valence-corrected chi connectivity index (χ2v) is 15.5. The van der Waals surface area contributed by atoms with Crippen molar-refractivity contribution < 1.29 is 4.89 Å². The van der Waals surface area contributed by atoms with Gasteiger partial charge in [0.1, 0.15) is 0 Å². The molecule has 138 valence electrons. The van der Waals surface area contributed by atoms with Gasteiger partial charge in [0.15, 0.2) is 0 Å². The van der Waals surface area contributed by atoms with Crippen molar-refractivity contribution in [1.82, 2.24) is 0 Å². The van der Waals surface area contributed by atoms with E-state index in [9.17, 15) is 4.89 Å². The Hall–Kier alpha value is -2.00. The molecule has 4 aromatic rings. The first-order valence-corrected chi connectivity index (χ1v) is 14.5. The smallest absolute Gasteiger partial charge is 0.0854 e. The Bertz CT molecular complexity index is 983. The Morgan fingerprint density at radius 3 is 1.18 bits per heavy atom. The van der Waals surface area contributed by atoms with Crippen molar-refractivity contribution in [1.29, 1.82) is 0 Å². The largest absolute Gasteiger partial charge is 0.363 e. The summed E-state index contributed by atoms with van der Waals surface area (Å²) in [6.45, 7) is -2.56. The average Bonchev–Trinajstić information content (AvgIpc) is 2.80. The predicted molar refractivity (Wildman–Crippen MR) is 127 cm³/mol. The number of rotatable bonds is 5. The highest BCUT2D eigenvalue weighted by atomic mass is 32.3. The summed E-state index contributed by atoms with van der Waals surface area (Å²) in [6, 6.07) is 41.6. The van der Waals surface area contributed by atoms with Crippen LogP contribution in [-0.2, 0) is 0 Å². The van der Waals surface area contributed by atoms with Gasteiger partial charge in [0.05, 0.1) is 6.78 Å². The summed E-state index contributed by atoms with van der Waals surface area (Å²) in [6.07, 6.45) is 0. The third-order valence-corrected chi connectivity index (χ3v) is 16.5. The summed E-state index contributed by atoms with van der Waals surface area (Å²) < 4.78 is 0. The molecule has 0 aromatic heterocycles. The SMILES string of the molecule is OP(=PP(c1ccccc1)c1ccccc1)(c1ccccc1)c1ccccc1. The molecule has 0 amide bonds. The molecular formula is C24H21OP3. The first-order chi connectivity index (χ1) is 13.8. The van der Waals surface area contributed by atoms with Gasteiger partial charge in [-0.2, -0.15) is 0 Å². The second kappa shape index (κ2) is 9.00. The summed E-state index contributed by atoms with van der Waals surface area (Å²) in [5.74, 6) is 0. The Labute approximate surface area is 169 Å². The van der Waals surface area contributed by atoms with Crippen LogP contribution in [0.4, 0.5) is 0 Å². The molecule has 4 aromatic carbocycles. The molecule has 4 rings (SSSR count). The van der Waals surface area contributed by atoms with E-state index in [0.717, 1.165) is 18.2 Å². The molecule has 0 bridgehead atoms. The molecular weight excluding hydrogens is 397 g/mol. The monoisotopic (exact) mass is 418 g/mol. The fourth-order valence-electron chi connectivity index (χ4n) is 3.04. The zero-order chi connectivity index (χ0) is 19.2. The van der Waals surface area contributed by atoms with E-state index in [1.165, 1.54) is 10.6 Å². The molecule has 0 aliphatic heterocycles. The lowest BCUT2D eigenvalue weighted by Crippen LogP contribution is -2.15. The van der Waals surface area contributed by atoms with Gasteiger partial charge in [-0.15, -0.1) is 0 Å². The minimum Gasteiger partial charge on any atom is -0.363 e. The predicted octanol–water partition coefficient (Wildman–Crippen LogP) is 5.47. The van der Waals surface area contributed by atoms with E-state index < -0.39 is 14.4 Å². The minimum atomic E-state index is -2.56. The van der Waals surface area contributed by atoms with Gasteiger partial charge in [0.2, 0.25) is 0 Å². The lowest BCUT2D eigenvalue weighted by molar-refractivity contribution is 0.642. The van der Waals surface area contributed by atoms with E-state index in [2.05, 4.69) is 84.9 Å². The van der Waals surface area contributed by atoms with Gasteiger partial charge in [0, 0.05) is 18.2 Å². The van der Waals surface area contributed by atoms with Gasteiger partial charge in [-0.1, -0.05) is 121 Å². The van der Waals surface area contributed by atoms with E-state index in [-0.39, 0.29) is 0 Å². The topological polar surface area (TPSA) is 20.2 Å². The Kier molecular flexibility index (Phi) is 6.21. The van der Waals surface area contributed by atoms with E-state index in [4.69, 9.17) is 0 Å². The normalized spacial score (nSPS) is 11.6. The first kappa shape index (κ1) is 19.3. The van der Waals surface area contributed by atoms with Crippen molar-refractivity contribution >= 4 is 43.2 Å². The molecule has 0 saturated carbocycles. The maximum absolute atomic E-state index is 12.2. The van der Waals surface area contributed by atoms with Gasteiger partial charge >= 0.3 is 0 Å². The fraction of sp³-hybridized carbons (Fsp3) is 0. The highest BCUT2D eigenvalue weighted by Gasteiger charge is 2.24. The maximum atomic E-state index is 12.2. The van der Waals surface area contributed by atoms with Crippen molar-refractivity contribution in [3.8, 4) is 0 Å². The molecule has 0 fully saturated rings. The quantitative estimate of drug-likeness (QED) is 0.426. The summed E-state index contributed by atoms with van der Waals surface area (Å²) >= 11 is 0. The van der Waals surface area contributed by atoms with Crippen molar-refractivity contribution in [3.05, 3.63) is 121 Å². The zero-order valence-corrected chi connectivity index (χ0v) is 18.0. The second-order valence-electron chi connectivity index (χ2n) is 6.34. The Morgan fingerprint density at radius 2 is 0.821 bits per heavy atom. The van der Waals surface area contributed by atoms with Gasteiger partial charge in [-0.25, -0.2) is 0 Å². The molecule has 0 radical (unpaired) electrons. The third-order valence-electron chi connectivity index (χ3n) is 4.45. The van der Waals surface area contributed by atoms with Crippen molar-refractivity contribution in [3.63, 3.8) is 0 Å². The number of hydrogen-bond acceptors (Lipinski definition) is 0. The van der Waals surface area contributed by atoms with Crippen LogP contribution in [0.3, 0.4) is 0 Å². The molecule has 4 heteroatoms. The molecule has 0 aliphatic carbocycles. The summed E-state index contributed by atoms with van der Waals surface area (Å²) in [7, 11) is 0.358. The van der Waals surface area contributed by atoms with Gasteiger partial charge in [-0.05, 0) is 18.2 Å². The molecule has 0 spiro atoms. The summed E-state index contributed by atoms with van der Waals surface area (Å²) in [5, 5.41) is 4.63. The molecule has 1 nitrogen and oxygen atoms in total. The molecule has 0 heterocycles. The third kappa shape index (κ3) is 4.20. The molecule has 0 aliphatic rings. The average molecular weight is 418 g/mol.